The van der Waals surface area contributed by atoms with Crippen LogP contribution in [0.5, 0.6) is 0 Å². The highest BCUT2D eigenvalue weighted by molar-refractivity contribution is 5.49. The van der Waals surface area contributed by atoms with E-state index in [4.69, 9.17) is 0 Å². The second kappa shape index (κ2) is 6.28. The van der Waals surface area contributed by atoms with Crippen molar-refractivity contribution in [1.82, 2.24) is 9.97 Å². The molecule has 0 saturated carbocycles. The van der Waals surface area contributed by atoms with E-state index < -0.39 is 12.0 Å². The summed E-state index contributed by atoms with van der Waals surface area (Å²) >= 11 is 0. The molecule has 0 fully saturated rings. The lowest BCUT2D eigenvalue weighted by Gasteiger charge is -2.32. The maximum atomic E-state index is 12.8. The largest absolute Gasteiger partial charge is 0.451 e. The summed E-state index contributed by atoms with van der Waals surface area (Å²) < 4.78 is 38.3. The maximum Gasteiger partial charge on any atom is 0.451 e. The predicted octanol–water partition coefficient (Wildman–Crippen LogP) is 3.92. The van der Waals surface area contributed by atoms with E-state index in [0.29, 0.717) is 0 Å². The lowest BCUT2D eigenvalue weighted by atomic mass is 9.90. The van der Waals surface area contributed by atoms with E-state index in [2.05, 4.69) is 20.6 Å². The fourth-order valence-corrected chi connectivity index (χ4v) is 2.05. The van der Waals surface area contributed by atoms with Crippen molar-refractivity contribution in [3.63, 3.8) is 0 Å². The standard InChI is InChI=1S/C13H21F3N4/c1-5-12(6-2,7-3)20-10-8-9(17-4)18-11(19-10)13(14,15)16/h8H,5-7H2,1-4H3,(H2,17,18,19,20). The first-order chi connectivity index (χ1) is 9.30. The molecule has 1 aromatic heterocycles. The molecule has 0 aliphatic heterocycles. The molecule has 0 bridgehead atoms. The van der Waals surface area contributed by atoms with E-state index in [1.807, 2.05) is 20.8 Å². The molecule has 0 saturated heterocycles. The summed E-state index contributed by atoms with van der Waals surface area (Å²) in [6.07, 6.45) is -2.14. The van der Waals surface area contributed by atoms with Crippen molar-refractivity contribution in [2.45, 2.75) is 51.7 Å². The molecule has 0 radical (unpaired) electrons. The highest BCUT2D eigenvalue weighted by Crippen LogP contribution is 2.30. The molecule has 1 aromatic rings. The minimum absolute atomic E-state index is 0.145. The number of nitrogens with one attached hydrogen (secondary N) is 2. The molecular weight excluding hydrogens is 269 g/mol. The van der Waals surface area contributed by atoms with Gasteiger partial charge in [0.15, 0.2) is 0 Å². The summed E-state index contributed by atoms with van der Waals surface area (Å²) in [5.74, 6) is -0.793. The zero-order valence-corrected chi connectivity index (χ0v) is 12.2. The molecule has 20 heavy (non-hydrogen) atoms. The van der Waals surface area contributed by atoms with Crippen molar-refractivity contribution in [3.05, 3.63) is 11.9 Å². The molecule has 7 heteroatoms. The molecule has 1 heterocycles. The molecule has 4 nitrogen and oxygen atoms in total. The van der Waals surface area contributed by atoms with Crippen LogP contribution in [0.2, 0.25) is 0 Å². The first-order valence-electron chi connectivity index (χ1n) is 6.72. The van der Waals surface area contributed by atoms with E-state index in [1.54, 1.807) is 0 Å². The number of halogens is 3. The number of hydrogen-bond donors (Lipinski definition) is 2. The van der Waals surface area contributed by atoms with E-state index in [1.165, 1.54) is 13.1 Å². The van der Waals surface area contributed by atoms with Gasteiger partial charge in [0.1, 0.15) is 11.6 Å². The van der Waals surface area contributed by atoms with Crippen molar-refractivity contribution in [1.29, 1.82) is 0 Å². The second-order valence-corrected chi connectivity index (χ2v) is 4.68. The van der Waals surface area contributed by atoms with Gasteiger partial charge in [-0.05, 0) is 19.3 Å². The molecular formula is C13H21F3N4. The van der Waals surface area contributed by atoms with Crippen LogP contribution < -0.4 is 10.6 Å². The minimum atomic E-state index is -4.56. The van der Waals surface area contributed by atoms with Gasteiger partial charge in [-0.1, -0.05) is 20.8 Å². The Labute approximate surface area is 117 Å². The highest BCUT2D eigenvalue weighted by Gasteiger charge is 2.36. The molecule has 0 amide bonds. The molecule has 0 aliphatic carbocycles. The monoisotopic (exact) mass is 290 g/mol. The molecule has 0 spiro atoms. The normalized spacial score (nSPS) is 12.3. The van der Waals surface area contributed by atoms with Gasteiger partial charge >= 0.3 is 6.18 Å². The van der Waals surface area contributed by atoms with Gasteiger partial charge in [0.05, 0.1) is 0 Å². The number of anilines is 2. The Kier molecular flexibility index (Phi) is 5.19. The third-order valence-electron chi connectivity index (χ3n) is 3.66. The Bertz CT molecular complexity index is 433. The molecule has 0 atom stereocenters. The molecule has 1 rings (SSSR count). The van der Waals surface area contributed by atoms with Crippen LogP contribution >= 0.6 is 0 Å². The number of rotatable bonds is 6. The Morgan fingerprint density at radius 3 is 1.90 bits per heavy atom. The van der Waals surface area contributed by atoms with Crippen molar-refractivity contribution < 1.29 is 13.2 Å². The van der Waals surface area contributed by atoms with Crippen molar-refractivity contribution in [2.24, 2.45) is 0 Å². The molecule has 2 N–H and O–H groups in total. The van der Waals surface area contributed by atoms with Gasteiger partial charge in [0.25, 0.3) is 0 Å². The van der Waals surface area contributed by atoms with Crippen LogP contribution in [0.3, 0.4) is 0 Å². The average molecular weight is 290 g/mol. The van der Waals surface area contributed by atoms with E-state index in [9.17, 15) is 13.2 Å². The van der Waals surface area contributed by atoms with E-state index in [0.717, 1.165) is 19.3 Å². The molecule has 0 aromatic carbocycles. The summed E-state index contributed by atoms with van der Waals surface area (Å²) in [4.78, 5) is 7.04. The van der Waals surface area contributed by atoms with Crippen LogP contribution in [0.15, 0.2) is 6.07 Å². The SMILES string of the molecule is CCC(CC)(CC)Nc1cc(NC)nc(C(F)(F)F)n1. The fraction of sp³-hybridized carbons (Fsp3) is 0.692. The van der Waals surface area contributed by atoms with E-state index in [-0.39, 0.29) is 17.2 Å². The van der Waals surface area contributed by atoms with Gasteiger partial charge in [-0.3, -0.25) is 0 Å². The van der Waals surface area contributed by atoms with Gasteiger partial charge < -0.3 is 10.6 Å². The first kappa shape index (κ1) is 16.5. The summed E-state index contributed by atoms with van der Waals surface area (Å²) in [6, 6.07) is 1.49. The summed E-state index contributed by atoms with van der Waals surface area (Å²) in [5.41, 5.74) is -0.248. The Morgan fingerprint density at radius 1 is 1.00 bits per heavy atom. The Morgan fingerprint density at radius 2 is 1.50 bits per heavy atom. The lowest BCUT2D eigenvalue weighted by molar-refractivity contribution is -0.144. The predicted molar refractivity (Wildman–Crippen MR) is 73.8 cm³/mol. The van der Waals surface area contributed by atoms with E-state index >= 15 is 0 Å². The van der Waals surface area contributed by atoms with Gasteiger partial charge in [-0.2, -0.15) is 13.2 Å². The van der Waals surface area contributed by atoms with Gasteiger partial charge in [-0.15, -0.1) is 0 Å². The number of aromatic nitrogens is 2. The molecule has 0 aliphatic rings. The quantitative estimate of drug-likeness (QED) is 0.833. The van der Waals surface area contributed by atoms with Gasteiger partial charge in [0.2, 0.25) is 5.82 Å². The van der Waals surface area contributed by atoms with Crippen molar-refractivity contribution in [3.8, 4) is 0 Å². The zero-order chi connectivity index (χ0) is 15.4. The highest BCUT2D eigenvalue weighted by atomic mass is 19.4. The number of alkyl halides is 3. The smallest absolute Gasteiger partial charge is 0.373 e. The zero-order valence-electron chi connectivity index (χ0n) is 12.2. The fourth-order valence-electron chi connectivity index (χ4n) is 2.05. The Balaban J connectivity index is 3.18. The van der Waals surface area contributed by atoms with Crippen molar-refractivity contribution >= 4 is 11.6 Å². The average Bonchev–Trinajstić information content (AvgIpc) is 2.43. The third kappa shape index (κ3) is 3.74. The minimum Gasteiger partial charge on any atom is -0.373 e. The first-order valence-corrected chi connectivity index (χ1v) is 6.72. The van der Waals surface area contributed by atoms with Crippen LogP contribution in [0, 0.1) is 0 Å². The number of nitrogens with zero attached hydrogens (tertiary/aromatic N) is 2. The van der Waals surface area contributed by atoms with Crippen LogP contribution in [-0.4, -0.2) is 22.6 Å². The summed E-state index contributed by atoms with van der Waals surface area (Å²) in [5, 5.41) is 5.77. The van der Waals surface area contributed by atoms with Crippen LogP contribution in [-0.2, 0) is 6.18 Å². The van der Waals surface area contributed by atoms with Crippen LogP contribution in [0.4, 0.5) is 24.8 Å². The summed E-state index contributed by atoms with van der Waals surface area (Å²) in [6.45, 7) is 6.01. The number of hydrogen-bond acceptors (Lipinski definition) is 4. The lowest BCUT2D eigenvalue weighted by Crippen LogP contribution is -2.36. The van der Waals surface area contributed by atoms with Gasteiger partial charge in [0, 0.05) is 18.7 Å². The summed E-state index contributed by atoms with van der Waals surface area (Å²) in [7, 11) is 1.53. The van der Waals surface area contributed by atoms with Crippen molar-refractivity contribution in [2.75, 3.05) is 17.7 Å². The second-order valence-electron chi connectivity index (χ2n) is 4.68. The van der Waals surface area contributed by atoms with Crippen LogP contribution in [0.1, 0.15) is 45.9 Å². The molecule has 114 valence electrons. The van der Waals surface area contributed by atoms with Crippen LogP contribution in [0.25, 0.3) is 0 Å². The third-order valence-corrected chi connectivity index (χ3v) is 3.66. The maximum absolute atomic E-state index is 12.8. The topological polar surface area (TPSA) is 49.8 Å². The Hall–Kier alpha value is -1.53. The molecule has 0 unspecified atom stereocenters. The van der Waals surface area contributed by atoms with Gasteiger partial charge in [-0.25, -0.2) is 9.97 Å².